The minimum atomic E-state index is -0.898. The van der Waals surface area contributed by atoms with E-state index in [0.717, 1.165) is 65.4 Å². The molecule has 1 saturated heterocycles. The van der Waals surface area contributed by atoms with Gasteiger partial charge in [-0.2, -0.15) is 0 Å². The lowest BCUT2D eigenvalue weighted by Crippen LogP contribution is -2.45. The predicted molar refractivity (Wildman–Crippen MR) is 154 cm³/mol. The number of pyridine rings is 1. The van der Waals surface area contributed by atoms with Crippen molar-refractivity contribution in [1.82, 2.24) is 10.3 Å². The van der Waals surface area contributed by atoms with Gasteiger partial charge in [0.2, 0.25) is 0 Å². The lowest BCUT2D eigenvalue weighted by Gasteiger charge is -2.23. The van der Waals surface area contributed by atoms with Crippen LogP contribution >= 0.6 is 0 Å². The number of ether oxygens (including phenoxy) is 4. The van der Waals surface area contributed by atoms with E-state index in [4.69, 9.17) is 23.9 Å². The summed E-state index contributed by atoms with van der Waals surface area (Å²) >= 11 is 0. The minimum absolute atomic E-state index is 0.106. The molecule has 8 nitrogen and oxygen atoms in total. The standard InChI is InChI=1S/C32H40N2O6/c1-21-22(16-19-39-28-14-6-7-18-38-28)15-17-33-29(21)26-13-9-11-24-23(10-8-12-25(24)26)20-27(30(35)37-5)34-31(36)40-32(2,3)4/h8-13,15,17,27-28H,6-7,14,16,18-20H2,1-5H3,(H,34,36)/t27-,28?/m0/s1. The number of rotatable bonds is 9. The Balaban J connectivity index is 1.58. The summed E-state index contributed by atoms with van der Waals surface area (Å²) in [6.45, 7) is 8.77. The van der Waals surface area contributed by atoms with Crippen LogP contribution < -0.4 is 5.32 Å². The predicted octanol–water partition coefficient (Wildman–Crippen LogP) is 5.90. The number of nitrogens with zero attached hydrogens (tertiary/aromatic N) is 1. The molecule has 1 amide bonds. The topological polar surface area (TPSA) is 96.0 Å². The molecule has 0 radical (unpaired) electrons. The molecule has 214 valence electrons. The molecule has 2 atom stereocenters. The zero-order valence-electron chi connectivity index (χ0n) is 24.1. The van der Waals surface area contributed by atoms with Crippen molar-refractivity contribution in [2.45, 2.75) is 77.7 Å². The van der Waals surface area contributed by atoms with Crippen molar-refractivity contribution in [2.24, 2.45) is 0 Å². The van der Waals surface area contributed by atoms with Crippen LogP contribution in [-0.4, -0.2) is 55.3 Å². The Kier molecular flexibility index (Phi) is 9.76. The lowest BCUT2D eigenvalue weighted by atomic mass is 9.92. The van der Waals surface area contributed by atoms with E-state index in [1.165, 1.54) is 12.7 Å². The highest BCUT2D eigenvalue weighted by molar-refractivity contribution is 5.98. The summed E-state index contributed by atoms with van der Waals surface area (Å²) in [5, 5.41) is 4.67. The molecule has 1 fully saturated rings. The van der Waals surface area contributed by atoms with E-state index in [9.17, 15) is 9.59 Å². The summed E-state index contributed by atoms with van der Waals surface area (Å²) in [6.07, 6.45) is 5.28. The molecule has 1 aliphatic rings. The van der Waals surface area contributed by atoms with Gasteiger partial charge in [-0.05, 0) is 86.9 Å². The van der Waals surface area contributed by atoms with Crippen molar-refractivity contribution in [3.63, 3.8) is 0 Å². The van der Waals surface area contributed by atoms with Crippen molar-refractivity contribution in [2.75, 3.05) is 20.3 Å². The molecule has 0 bridgehead atoms. The molecular weight excluding hydrogens is 508 g/mol. The van der Waals surface area contributed by atoms with Gasteiger partial charge in [-0.1, -0.05) is 36.4 Å². The van der Waals surface area contributed by atoms with Crippen molar-refractivity contribution < 1.29 is 28.5 Å². The summed E-state index contributed by atoms with van der Waals surface area (Å²) in [5.74, 6) is -0.537. The molecule has 4 rings (SSSR count). The Morgan fingerprint density at radius 3 is 2.58 bits per heavy atom. The molecule has 1 unspecified atom stereocenters. The van der Waals surface area contributed by atoms with Gasteiger partial charge in [0, 0.05) is 24.8 Å². The van der Waals surface area contributed by atoms with Gasteiger partial charge in [0.05, 0.1) is 19.4 Å². The van der Waals surface area contributed by atoms with Crippen molar-refractivity contribution in [1.29, 1.82) is 0 Å². The maximum atomic E-state index is 12.6. The van der Waals surface area contributed by atoms with Gasteiger partial charge in [0.15, 0.2) is 6.29 Å². The Hall–Kier alpha value is -3.49. The molecule has 2 heterocycles. The highest BCUT2D eigenvalue weighted by atomic mass is 16.7. The minimum Gasteiger partial charge on any atom is -0.467 e. The number of esters is 1. The molecule has 2 aromatic carbocycles. The molecule has 8 heteroatoms. The monoisotopic (exact) mass is 548 g/mol. The average molecular weight is 549 g/mol. The number of carbonyl (C=O) groups is 2. The number of methoxy groups -OCH3 is 1. The van der Waals surface area contributed by atoms with Crippen molar-refractivity contribution in [3.8, 4) is 11.3 Å². The molecule has 0 saturated carbocycles. The summed E-state index contributed by atoms with van der Waals surface area (Å²) in [6, 6.07) is 13.2. The maximum absolute atomic E-state index is 12.6. The van der Waals surface area contributed by atoms with Crippen LogP contribution in [0.4, 0.5) is 4.79 Å². The Bertz CT molecular complexity index is 1330. The fourth-order valence-electron chi connectivity index (χ4n) is 5.03. The molecule has 1 aliphatic heterocycles. The Labute approximate surface area is 236 Å². The summed E-state index contributed by atoms with van der Waals surface area (Å²) in [7, 11) is 1.31. The first-order chi connectivity index (χ1) is 19.2. The van der Waals surface area contributed by atoms with Gasteiger partial charge in [-0.25, -0.2) is 9.59 Å². The van der Waals surface area contributed by atoms with Gasteiger partial charge in [0.25, 0.3) is 0 Å². The molecule has 40 heavy (non-hydrogen) atoms. The number of fused-ring (bicyclic) bond motifs is 1. The maximum Gasteiger partial charge on any atom is 0.408 e. The van der Waals surface area contributed by atoms with E-state index in [1.807, 2.05) is 36.5 Å². The third-order valence-corrected chi connectivity index (χ3v) is 7.00. The first-order valence-corrected chi connectivity index (χ1v) is 13.9. The summed E-state index contributed by atoms with van der Waals surface area (Å²) in [4.78, 5) is 29.8. The SMILES string of the molecule is COC(=O)[C@H](Cc1cccc2c(-c3nccc(CCOC4CCCCO4)c3C)cccc12)NC(=O)OC(C)(C)C. The van der Waals surface area contributed by atoms with Gasteiger partial charge in [-0.15, -0.1) is 0 Å². The zero-order chi connectivity index (χ0) is 28.7. The molecule has 1 N–H and O–H groups in total. The number of aromatic nitrogens is 1. The van der Waals surface area contributed by atoms with Crippen LogP contribution in [0.2, 0.25) is 0 Å². The fourth-order valence-corrected chi connectivity index (χ4v) is 5.03. The molecular formula is C32H40N2O6. The number of alkyl carbamates (subject to hydrolysis) is 1. The summed E-state index contributed by atoms with van der Waals surface area (Å²) < 4.78 is 22.0. The van der Waals surface area contributed by atoms with E-state index in [-0.39, 0.29) is 12.7 Å². The third-order valence-electron chi connectivity index (χ3n) is 7.00. The number of hydrogen-bond acceptors (Lipinski definition) is 7. The number of benzene rings is 2. The second kappa shape index (κ2) is 13.2. The van der Waals surface area contributed by atoms with E-state index >= 15 is 0 Å². The lowest BCUT2D eigenvalue weighted by molar-refractivity contribution is -0.161. The quantitative estimate of drug-likeness (QED) is 0.332. The molecule has 0 aliphatic carbocycles. The van der Waals surface area contributed by atoms with Gasteiger partial charge < -0.3 is 24.3 Å². The first kappa shape index (κ1) is 29.5. The largest absolute Gasteiger partial charge is 0.467 e. The molecule has 1 aromatic heterocycles. The van der Waals surface area contributed by atoms with Crippen LogP contribution in [0.1, 0.15) is 56.7 Å². The van der Waals surface area contributed by atoms with Gasteiger partial charge in [-0.3, -0.25) is 4.98 Å². The second-order valence-electron chi connectivity index (χ2n) is 11.1. The molecule has 3 aromatic rings. The van der Waals surface area contributed by atoms with Crippen molar-refractivity contribution >= 4 is 22.8 Å². The average Bonchev–Trinajstić information content (AvgIpc) is 2.92. The molecule has 0 spiro atoms. The van der Waals surface area contributed by atoms with Crippen LogP contribution in [0.5, 0.6) is 0 Å². The Morgan fingerprint density at radius 2 is 1.85 bits per heavy atom. The number of hydrogen-bond donors (Lipinski definition) is 1. The van der Waals surface area contributed by atoms with Crippen LogP contribution in [0.25, 0.3) is 22.0 Å². The van der Waals surface area contributed by atoms with Crippen LogP contribution in [0.15, 0.2) is 48.7 Å². The number of nitrogens with one attached hydrogen (secondary N) is 1. The first-order valence-electron chi connectivity index (χ1n) is 13.9. The second-order valence-corrected chi connectivity index (χ2v) is 11.1. The van der Waals surface area contributed by atoms with Gasteiger partial charge >= 0.3 is 12.1 Å². The van der Waals surface area contributed by atoms with Crippen LogP contribution in [0, 0.1) is 6.92 Å². The van der Waals surface area contributed by atoms with E-state index in [0.29, 0.717) is 6.61 Å². The highest BCUT2D eigenvalue weighted by Crippen LogP contribution is 2.33. The summed E-state index contributed by atoms with van der Waals surface area (Å²) in [5.41, 5.74) is 4.42. The highest BCUT2D eigenvalue weighted by Gasteiger charge is 2.26. The Morgan fingerprint density at radius 1 is 1.07 bits per heavy atom. The normalized spacial score (nSPS) is 16.4. The van der Waals surface area contributed by atoms with E-state index in [2.05, 4.69) is 24.4 Å². The number of amides is 1. The number of carbonyl (C=O) groups excluding carboxylic acids is 2. The smallest absolute Gasteiger partial charge is 0.408 e. The van der Waals surface area contributed by atoms with E-state index in [1.54, 1.807) is 20.8 Å². The van der Waals surface area contributed by atoms with E-state index < -0.39 is 23.7 Å². The van der Waals surface area contributed by atoms with Crippen LogP contribution in [0.3, 0.4) is 0 Å². The zero-order valence-corrected chi connectivity index (χ0v) is 24.1. The van der Waals surface area contributed by atoms with Gasteiger partial charge in [0.1, 0.15) is 11.6 Å². The van der Waals surface area contributed by atoms with Crippen molar-refractivity contribution in [3.05, 3.63) is 65.4 Å². The van der Waals surface area contributed by atoms with Crippen LogP contribution in [-0.2, 0) is 36.6 Å². The third kappa shape index (κ3) is 7.58. The fraction of sp³-hybridized carbons (Fsp3) is 0.469.